The Morgan fingerprint density at radius 1 is 1.10 bits per heavy atom. The van der Waals surface area contributed by atoms with Crippen molar-refractivity contribution in [1.29, 1.82) is 0 Å². The lowest BCUT2D eigenvalue weighted by atomic mass is 10.1. The van der Waals surface area contributed by atoms with E-state index in [0.717, 1.165) is 17.6 Å². The highest BCUT2D eigenvalue weighted by molar-refractivity contribution is 5.66. The smallest absolute Gasteiger partial charge is 0.371 e. The minimum Gasteiger partial charge on any atom is -0.371 e. The number of hydrogen-bond acceptors (Lipinski definition) is 3. The van der Waals surface area contributed by atoms with Gasteiger partial charge in [-0.2, -0.15) is 0 Å². The average Bonchev–Trinajstić information content (AvgIpc) is 2.73. The van der Waals surface area contributed by atoms with Gasteiger partial charge in [0.25, 0.3) is 0 Å². The average molecular weight is 276 g/mol. The van der Waals surface area contributed by atoms with Gasteiger partial charge in [-0.05, 0) is 23.6 Å². The molecular formula is C14H20N4O2+2. The Morgan fingerprint density at radius 3 is 2.45 bits per heavy atom. The van der Waals surface area contributed by atoms with E-state index in [9.17, 15) is 10.1 Å². The maximum atomic E-state index is 12.0. The number of hydrogen-bond donors (Lipinski definition) is 3. The number of nitrogens with one attached hydrogen (secondary N) is 2. The fraction of sp³-hybridized carbons (Fsp3) is 0.500. The summed E-state index contributed by atoms with van der Waals surface area (Å²) in [4.78, 5) is 12.0. The predicted octanol–water partition coefficient (Wildman–Crippen LogP) is 1.74. The van der Waals surface area contributed by atoms with Crippen molar-refractivity contribution in [3.63, 3.8) is 0 Å². The SMILES string of the molecule is O=[n+]1[nH]c(NC2CCCCCC2)[n+](O)c2ccccc21. The van der Waals surface area contributed by atoms with Crippen LogP contribution in [0.15, 0.2) is 24.3 Å². The number of nitrogens with zero attached hydrogens (tertiary/aromatic N) is 2. The van der Waals surface area contributed by atoms with Crippen LogP contribution in [0.3, 0.4) is 0 Å². The summed E-state index contributed by atoms with van der Waals surface area (Å²) in [6.45, 7) is 0. The van der Waals surface area contributed by atoms with Gasteiger partial charge in [-0.3, -0.25) is 5.32 Å². The minimum atomic E-state index is 0.299. The Morgan fingerprint density at radius 2 is 1.75 bits per heavy atom. The molecule has 0 unspecified atom stereocenters. The Hall–Kier alpha value is -2.11. The molecule has 3 rings (SSSR count). The van der Waals surface area contributed by atoms with Gasteiger partial charge in [-0.15, -0.1) is 0 Å². The first-order valence-electron chi connectivity index (χ1n) is 7.21. The molecule has 1 aromatic heterocycles. The lowest BCUT2D eigenvalue weighted by Gasteiger charge is -2.11. The zero-order valence-electron chi connectivity index (χ0n) is 11.4. The summed E-state index contributed by atoms with van der Waals surface area (Å²) in [5.41, 5.74) is 0.888. The second kappa shape index (κ2) is 5.48. The molecule has 1 aliphatic carbocycles. The number of aromatic amines is 1. The fourth-order valence-corrected chi connectivity index (χ4v) is 2.85. The normalized spacial score (nSPS) is 17.0. The van der Waals surface area contributed by atoms with Crippen LogP contribution in [0.2, 0.25) is 0 Å². The van der Waals surface area contributed by atoms with Crippen LogP contribution in [0.1, 0.15) is 38.5 Å². The number of anilines is 1. The number of fused-ring (bicyclic) bond motifs is 1. The van der Waals surface area contributed by atoms with Gasteiger partial charge in [-0.25, -0.2) is 0 Å². The van der Waals surface area contributed by atoms with E-state index in [4.69, 9.17) is 0 Å². The summed E-state index contributed by atoms with van der Waals surface area (Å²) < 4.78 is 1.70. The Kier molecular flexibility index (Phi) is 3.54. The van der Waals surface area contributed by atoms with Gasteiger partial charge >= 0.3 is 11.5 Å². The third-order valence-electron chi connectivity index (χ3n) is 3.94. The van der Waals surface area contributed by atoms with Crippen LogP contribution in [-0.4, -0.2) is 16.3 Å². The standard InChI is InChI=1S/C14H19N4O2/c19-17-12-9-5-6-10-13(12)18(20)16-14(17)15-11-7-3-1-2-4-8-11/h5-6,9-11,19H,1-4,7-8H2,(H,15,16,20)/q+1/p+1. The van der Waals surface area contributed by atoms with Crippen molar-refractivity contribution in [3.05, 3.63) is 29.2 Å². The highest BCUT2D eigenvalue weighted by Gasteiger charge is 2.25. The summed E-state index contributed by atoms with van der Waals surface area (Å²) in [6.07, 6.45) is 7.04. The maximum Gasteiger partial charge on any atom is 0.449 e. The summed E-state index contributed by atoms with van der Waals surface area (Å²) >= 11 is 0. The fourth-order valence-electron chi connectivity index (χ4n) is 2.85. The van der Waals surface area contributed by atoms with Crippen molar-refractivity contribution >= 4 is 17.0 Å². The van der Waals surface area contributed by atoms with Crippen molar-refractivity contribution in [2.24, 2.45) is 0 Å². The molecule has 0 radical (unpaired) electrons. The molecule has 2 aromatic rings. The van der Waals surface area contributed by atoms with Gasteiger partial charge < -0.3 is 5.21 Å². The number of para-hydroxylation sites is 2. The maximum absolute atomic E-state index is 12.0. The van der Waals surface area contributed by atoms with Gasteiger partial charge in [-0.1, -0.05) is 37.8 Å². The molecule has 6 nitrogen and oxygen atoms in total. The lowest BCUT2D eigenvalue weighted by Crippen LogP contribution is -2.43. The van der Waals surface area contributed by atoms with Crippen LogP contribution in [0.5, 0.6) is 0 Å². The topological polar surface area (TPSA) is 74.9 Å². The molecule has 3 N–H and O–H groups in total. The number of H-pyrrole nitrogens is 1. The minimum absolute atomic E-state index is 0.299. The van der Waals surface area contributed by atoms with E-state index in [1.807, 2.05) is 0 Å². The molecule has 1 aromatic carbocycles. The molecule has 6 heteroatoms. The van der Waals surface area contributed by atoms with Crippen LogP contribution in [0.25, 0.3) is 11.0 Å². The predicted molar refractivity (Wildman–Crippen MR) is 74.2 cm³/mol. The van der Waals surface area contributed by atoms with Gasteiger partial charge in [0.2, 0.25) is 10.1 Å². The molecule has 1 fully saturated rings. The molecule has 106 valence electrons. The van der Waals surface area contributed by atoms with Crippen LogP contribution in [0, 0.1) is 4.91 Å². The van der Waals surface area contributed by atoms with Crippen LogP contribution in [-0.2, 0) is 0 Å². The largest absolute Gasteiger partial charge is 0.449 e. The third kappa shape index (κ3) is 2.45. The van der Waals surface area contributed by atoms with E-state index in [1.165, 1.54) is 25.7 Å². The molecule has 0 spiro atoms. The molecule has 1 aliphatic rings. The first-order valence-corrected chi connectivity index (χ1v) is 7.21. The van der Waals surface area contributed by atoms with E-state index < -0.39 is 0 Å². The van der Waals surface area contributed by atoms with Gasteiger partial charge in [0.1, 0.15) is 0 Å². The second-order valence-electron chi connectivity index (χ2n) is 5.39. The molecule has 0 atom stereocenters. The molecule has 20 heavy (non-hydrogen) atoms. The summed E-state index contributed by atoms with van der Waals surface area (Å²) in [5, 5.41) is 16.2. The molecular weight excluding hydrogens is 256 g/mol. The first kappa shape index (κ1) is 12.9. The first-order chi connectivity index (χ1) is 9.75. The van der Waals surface area contributed by atoms with Gasteiger partial charge in [0.15, 0.2) is 0 Å². The molecule has 0 saturated heterocycles. The Labute approximate surface area is 116 Å². The van der Waals surface area contributed by atoms with Crippen molar-refractivity contribution in [2.75, 3.05) is 5.32 Å². The zero-order chi connectivity index (χ0) is 13.9. The van der Waals surface area contributed by atoms with Crippen LogP contribution in [0.4, 0.5) is 5.95 Å². The number of benzene rings is 1. The summed E-state index contributed by atoms with van der Waals surface area (Å²) in [7, 11) is 0. The highest BCUT2D eigenvalue weighted by Crippen LogP contribution is 2.19. The van der Waals surface area contributed by atoms with E-state index in [0.29, 0.717) is 27.6 Å². The van der Waals surface area contributed by atoms with Crippen LogP contribution < -0.4 is 14.6 Å². The van der Waals surface area contributed by atoms with E-state index in [1.54, 1.807) is 24.3 Å². The van der Waals surface area contributed by atoms with Crippen molar-refractivity contribution in [1.82, 2.24) is 5.10 Å². The molecule has 1 saturated carbocycles. The quantitative estimate of drug-likeness (QED) is 0.444. The van der Waals surface area contributed by atoms with E-state index >= 15 is 0 Å². The molecule has 0 bridgehead atoms. The molecule has 0 amide bonds. The van der Waals surface area contributed by atoms with Crippen LogP contribution >= 0.6 is 0 Å². The Bertz CT molecular complexity index is 660. The highest BCUT2D eigenvalue weighted by atomic mass is 16.5. The molecule has 1 heterocycles. The van der Waals surface area contributed by atoms with Crippen molar-refractivity contribution in [2.45, 2.75) is 44.6 Å². The van der Waals surface area contributed by atoms with Gasteiger partial charge in [0, 0.05) is 11.2 Å². The molecule has 0 aliphatic heterocycles. The zero-order valence-corrected chi connectivity index (χ0v) is 11.4. The van der Waals surface area contributed by atoms with E-state index in [-0.39, 0.29) is 0 Å². The lowest BCUT2D eigenvalue weighted by molar-refractivity contribution is -0.881. The number of aromatic nitrogens is 3. The third-order valence-corrected chi connectivity index (χ3v) is 3.94. The van der Waals surface area contributed by atoms with Crippen molar-refractivity contribution < 1.29 is 14.5 Å². The summed E-state index contributed by atoms with van der Waals surface area (Å²) in [6, 6.07) is 7.25. The number of rotatable bonds is 2. The second-order valence-corrected chi connectivity index (χ2v) is 5.39. The van der Waals surface area contributed by atoms with E-state index in [2.05, 4.69) is 10.4 Å². The monoisotopic (exact) mass is 276 g/mol. The Balaban J connectivity index is 1.95. The summed E-state index contributed by atoms with van der Waals surface area (Å²) in [5.74, 6) is 0.339. The van der Waals surface area contributed by atoms with Gasteiger partial charge in [0.05, 0.1) is 10.9 Å². The van der Waals surface area contributed by atoms with Crippen molar-refractivity contribution in [3.8, 4) is 0 Å².